The molecular weight excluding hydrogens is 220 g/mol. The third-order valence-corrected chi connectivity index (χ3v) is 2.92. The Morgan fingerprint density at radius 1 is 1.41 bits per heavy atom. The molecule has 6 nitrogen and oxygen atoms in total. The van der Waals surface area contributed by atoms with Crippen molar-refractivity contribution in [3.8, 4) is 0 Å². The molecule has 1 amide bonds. The Morgan fingerprint density at radius 3 is 2.82 bits per heavy atom. The van der Waals surface area contributed by atoms with Crippen LogP contribution in [0, 0.1) is 5.92 Å². The van der Waals surface area contributed by atoms with Crippen LogP contribution in [0.25, 0.3) is 0 Å². The predicted molar refractivity (Wildman–Crippen MR) is 62.8 cm³/mol. The lowest BCUT2D eigenvalue weighted by Gasteiger charge is -2.22. The number of nitrogens with one attached hydrogen (secondary N) is 3. The van der Waals surface area contributed by atoms with E-state index in [0.29, 0.717) is 12.5 Å². The first kappa shape index (κ1) is 11.8. The highest BCUT2D eigenvalue weighted by Gasteiger charge is 2.14. The summed E-state index contributed by atoms with van der Waals surface area (Å²) in [6.45, 7) is 2.69. The van der Waals surface area contributed by atoms with Gasteiger partial charge < -0.3 is 10.6 Å². The molecule has 1 fully saturated rings. The van der Waals surface area contributed by atoms with Crippen molar-refractivity contribution in [2.45, 2.75) is 12.8 Å². The highest BCUT2D eigenvalue weighted by atomic mass is 16.2. The number of amides is 1. The summed E-state index contributed by atoms with van der Waals surface area (Å²) >= 11 is 0. The van der Waals surface area contributed by atoms with Crippen LogP contribution in [0.3, 0.4) is 0 Å². The molecule has 6 heteroatoms. The molecule has 0 bridgehead atoms. The molecule has 1 saturated heterocycles. The SMILES string of the molecule is O=C(NCC1CCNCC1)c1ccc(=O)[nH]n1. The molecule has 0 radical (unpaired) electrons. The van der Waals surface area contributed by atoms with Gasteiger partial charge in [0.15, 0.2) is 0 Å². The molecule has 0 atom stereocenters. The van der Waals surface area contributed by atoms with E-state index >= 15 is 0 Å². The fraction of sp³-hybridized carbons (Fsp3) is 0.545. The number of carbonyl (C=O) groups excluding carboxylic acids is 1. The highest BCUT2D eigenvalue weighted by molar-refractivity contribution is 5.91. The quantitative estimate of drug-likeness (QED) is 0.660. The zero-order valence-electron chi connectivity index (χ0n) is 9.53. The van der Waals surface area contributed by atoms with Crippen molar-refractivity contribution < 1.29 is 4.79 Å². The average Bonchev–Trinajstić information content (AvgIpc) is 2.38. The summed E-state index contributed by atoms with van der Waals surface area (Å²) in [5.41, 5.74) is -0.0570. The maximum Gasteiger partial charge on any atom is 0.271 e. The molecule has 0 aromatic carbocycles. The van der Waals surface area contributed by atoms with Crippen LogP contribution in [0.2, 0.25) is 0 Å². The Morgan fingerprint density at radius 2 is 2.18 bits per heavy atom. The summed E-state index contributed by atoms with van der Waals surface area (Å²) in [6, 6.07) is 2.73. The van der Waals surface area contributed by atoms with Crippen molar-refractivity contribution in [2.24, 2.45) is 5.92 Å². The number of H-pyrrole nitrogens is 1. The summed E-state index contributed by atoms with van der Waals surface area (Å²) in [7, 11) is 0. The molecule has 0 aliphatic carbocycles. The van der Waals surface area contributed by atoms with Gasteiger partial charge in [0.25, 0.3) is 11.5 Å². The molecule has 1 aliphatic heterocycles. The van der Waals surface area contributed by atoms with Gasteiger partial charge in [0.05, 0.1) is 0 Å². The van der Waals surface area contributed by atoms with Crippen LogP contribution < -0.4 is 16.2 Å². The van der Waals surface area contributed by atoms with Crippen LogP contribution in [-0.2, 0) is 0 Å². The normalized spacial score (nSPS) is 16.7. The minimum atomic E-state index is -0.306. The van der Waals surface area contributed by atoms with Gasteiger partial charge in [0.1, 0.15) is 5.69 Å². The summed E-state index contributed by atoms with van der Waals surface area (Å²) in [6.07, 6.45) is 2.17. The van der Waals surface area contributed by atoms with Crippen molar-refractivity contribution in [1.29, 1.82) is 0 Å². The first-order valence-corrected chi connectivity index (χ1v) is 5.80. The average molecular weight is 236 g/mol. The van der Waals surface area contributed by atoms with E-state index in [4.69, 9.17) is 0 Å². The third-order valence-electron chi connectivity index (χ3n) is 2.92. The van der Waals surface area contributed by atoms with Crippen LogP contribution in [0.15, 0.2) is 16.9 Å². The molecule has 2 rings (SSSR count). The van der Waals surface area contributed by atoms with Gasteiger partial charge in [-0.1, -0.05) is 0 Å². The van der Waals surface area contributed by atoms with E-state index in [1.54, 1.807) is 0 Å². The zero-order chi connectivity index (χ0) is 12.1. The van der Waals surface area contributed by atoms with Gasteiger partial charge in [0, 0.05) is 12.6 Å². The molecule has 17 heavy (non-hydrogen) atoms. The largest absolute Gasteiger partial charge is 0.350 e. The molecule has 0 unspecified atom stereocenters. The van der Waals surface area contributed by atoms with Crippen molar-refractivity contribution in [1.82, 2.24) is 20.8 Å². The van der Waals surface area contributed by atoms with Gasteiger partial charge in [0.2, 0.25) is 0 Å². The lowest BCUT2D eigenvalue weighted by atomic mass is 9.98. The van der Waals surface area contributed by atoms with Crippen LogP contribution in [0.4, 0.5) is 0 Å². The second-order valence-electron chi connectivity index (χ2n) is 4.21. The number of aromatic nitrogens is 2. The number of hydrogen-bond acceptors (Lipinski definition) is 4. The summed E-state index contributed by atoms with van der Waals surface area (Å²) in [5, 5.41) is 12.0. The second kappa shape index (κ2) is 5.58. The lowest BCUT2D eigenvalue weighted by Crippen LogP contribution is -2.36. The first-order valence-electron chi connectivity index (χ1n) is 5.80. The van der Waals surface area contributed by atoms with E-state index in [1.165, 1.54) is 12.1 Å². The molecule has 0 spiro atoms. The maximum absolute atomic E-state index is 11.7. The van der Waals surface area contributed by atoms with Gasteiger partial charge in [-0.2, -0.15) is 5.10 Å². The molecule has 2 heterocycles. The predicted octanol–water partition coefficient (Wildman–Crippen LogP) is -0.501. The Balaban J connectivity index is 1.84. The van der Waals surface area contributed by atoms with Gasteiger partial charge in [-0.05, 0) is 37.9 Å². The number of hydrogen-bond donors (Lipinski definition) is 3. The standard InChI is InChI=1S/C11H16N4O2/c16-10-2-1-9(14-15-10)11(17)13-7-8-3-5-12-6-4-8/h1-2,8,12H,3-7H2,(H,13,17)(H,15,16). The van der Waals surface area contributed by atoms with E-state index in [0.717, 1.165) is 25.9 Å². The minimum Gasteiger partial charge on any atom is -0.350 e. The fourth-order valence-corrected chi connectivity index (χ4v) is 1.88. The molecule has 1 aliphatic rings. The lowest BCUT2D eigenvalue weighted by molar-refractivity contribution is 0.0938. The van der Waals surface area contributed by atoms with E-state index in [-0.39, 0.29) is 17.2 Å². The monoisotopic (exact) mass is 236 g/mol. The third kappa shape index (κ3) is 3.39. The van der Waals surface area contributed by atoms with E-state index < -0.39 is 0 Å². The van der Waals surface area contributed by atoms with Gasteiger partial charge in [-0.25, -0.2) is 5.10 Å². The van der Waals surface area contributed by atoms with E-state index in [9.17, 15) is 9.59 Å². The fourth-order valence-electron chi connectivity index (χ4n) is 1.88. The Labute approximate surface area is 98.8 Å². The Kier molecular flexibility index (Phi) is 3.87. The van der Waals surface area contributed by atoms with E-state index in [1.807, 2.05) is 0 Å². The van der Waals surface area contributed by atoms with Crippen molar-refractivity contribution in [3.63, 3.8) is 0 Å². The van der Waals surface area contributed by atoms with Crippen molar-refractivity contribution >= 4 is 5.91 Å². The van der Waals surface area contributed by atoms with Crippen LogP contribution >= 0.6 is 0 Å². The molecular formula is C11H16N4O2. The van der Waals surface area contributed by atoms with Gasteiger partial charge in [-0.15, -0.1) is 0 Å². The topological polar surface area (TPSA) is 86.9 Å². The van der Waals surface area contributed by atoms with Crippen molar-refractivity contribution in [3.05, 3.63) is 28.2 Å². The number of nitrogens with zero attached hydrogens (tertiary/aromatic N) is 1. The molecule has 92 valence electrons. The Hall–Kier alpha value is -1.69. The van der Waals surface area contributed by atoms with Gasteiger partial charge in [-0.3, -0.25) is 9.59 Å². The first-order chi connectivity index (χ1) is 8.25. The van der Waals surface area contributed by atoms with Gasteiger partial charge >= 0.3 is 0 Å². The zero-order valence-corrected chi connectivity index (χ0v) is 9.53. The molecule has 1 aromatic rings. The molecule has 0 saturated carbocycles. The maximum atomic E-state index is 11.7. The number of rotatable bonds is 3. The smallest absolute Gasteiger partial charge is 0.271 e. The number of carbonyl (C=O) groups is 1. The molecule has 1 aromatic heterocycles. The van der Waals surface area contributed by atoms with E-state index in [2.05, 4.69) is 20.8 Å². The number of piperidine rings is 1. The highest BCUT2D eigenvalue weighted by Crippen LogP contribution is 2.09. The van der Waals surface area contributed by atoms with Crippen LogP contribution in [0.1, 0.15) is 23.3 Å². The molecule has 3 N–H and O–H groups in total. The summed E-state index contributed by atoms with van der Waals surface area (Å²) in [4.78, 5) is 22.5. The second-order valence-corrected chi connectivity index (χ2v) is 4.21. The van der Waals surface area contributed by atoms with Crippen LogP contribution in [0.5, 0.6) is 0 Å². The summed E-state index contributed by atoms with van der Waals surface area (Å²) in [5.74, 6) is 0.294. The summed E-state index contributed by atoms with van der Waals surface area (Å²) < 4.78 is 0. The van der Waals surface area contributed by atoms with Crippen LogP contribution in [-0.4, -0.2) is 35.7 Å². The minimum absolute atomic E-state index is 0.236. The number of aromatic amines is 1. The van der Waals surface area contributed by atoms with Crippen molar-refractivity contribution in [2.75, 3.05) is 19.6 Å². The Bertz CT molecular complexity index is 417.